The first-order chi connectivity index (χ1) is 21.0. The van der Waals surface area contributed by atoms with Crippen molar-refractivity contribution in [1.29, 1.82) is 0 Å². The highest BCUT2D eigenvalue weighted by Crippen LogP contribution is 2.35. The second-order valence-electron chi connectivity index (χ2n) is 10.9. The van der Waals surface area contributed by atoms with Crippen molar-refractivity contribution >= 4 is 43.5 Å². The first-order valence-electron chi connectivity index (χ1n) is 14.8. The molecule has 11 heteroatoms. The van der Waals surface area contributed by atoms with Crippen LogP contribution >= 0.6 is 15.9 Å². The molecule has 44 heavy (non-hydrogen) atoms. The summed E-state index contributed by atoms with van der Waals surface area (Å²) >= 11 is 3.46. The molecular weight excluding hydrogens is 646 g/mol. The van der Waals surface area contributed by atoms with Gasteiger partial charge in [-0.3, -0.25) is 13.9 Å². The predicted molar refractivity (Wildman–Crippen MR) is 175 cm³/mol. The van der Waals surface area contributed by atoms with Gasteiger partial charge < -0.3 is 19.7 Å². The van der Waals surface area contributed by atoms with E-state index in [0.717, 1.165) is 28.3 Å². The second kappa shape index (κ2) is 15.4. The van der Waals surface area contributed by atoms with E-state index in [1.54, 1.807) is 23.1 Å². The van der Waals surface area contributed by atoms with E-state index in [2.05, 4.69) is 21.2 Å². The van der Waals surface area contributed by atoms with Crippen LogP contribution in [0.3, 0.4) is 0 Å². The summed E-state index contributed by atoms with van der Waals surface area (Å²) in [5.41, 5.74) is 2.25. The van der Waals surface area contributed by atoms with Crippen LogP contribution in [0.5, 0.6) is 11.5 Å². The molecule has 0 aromatic heterocycles. The van der Waals surface area contributed by atoms with Crippen LogP contribution in [0.25, 0.3) is 0 Å². The standard InChI is InChI=1S/C33H40BrN3O6S/c1-4-24(2)35-33(39)29(21-25-9-6-5-7-10-25)36(23-26-12-14-27(34)15-13-26)32(38)11-8-18-37(44(3,40)41)28-16-17-30-31(22-28)43-20-19-42-30/h5-7,9-10,12-17,22,24,29H,4,8,11,18-21,23H2,1-3H3,(H,35,39)/t24-,29+/m0/s1. The number of hydrogen-bond donors (Lipinski definition) is 1. The van der Waals surface area contributed by atoms with Crippen molar-refractivity contribution in [2.24, 2.45) is 0 Å². The smallest absolute Gasteiger partial charge is 0.243 e. The Hall–Kier alpha value is -3.57. The number of nitrogens with one attached hydrogen (secondary N) is 1. The molecular formula is C33H40BrN3O6S. The number of benzene rings is 3. The van der Waals surface area contributed by atoms with Crippen LogP contribution in [0, 0.1) is 0 Å². The van der Waals surface area contributed by atoms with Gasteiger partial charge in [0.15, 0.2) is 11.5 Å². The summed E-state index contributed by atoms with van der Waals surface area (Å²) in [5.74, 6) is 0.592. The summed E-state index contributed by atoms with van der Waals surface area (Å²) in [6.45, 7) is 5.07. The molecule has 0 unspecified atom stereocenters. The number of halogens is 1. The molecule has 0 bridgehead atoms. The number of fused-ring (bicyclic) bond motifs is 1. The normalized spacial score (nSPS) is 13.9. The highest BCUT2D eigenvalue weighted by Gasteiger charge is 2.31. The number of hydrogen-bond acceptors (Lipinski definition) is 6. The van der Waals surface area contributed by atoms with E-state index in [1.165, 1.54) is 4.31 Å². The lowest BCUT2D eigenvalue weighted by Crippen LogP contribution is -2.52. The highest BCUT2D eigenvalue weighted by atomic mass is 79.9. The Bertz CT molecular complexity index is 1520. The highest BCUT2D eigenvalue weighted by molar-refractivity contribution is 9.10. The van der Waals surface area contributed by atoms with Crippen molar-refractivity contribution in [3.8, 4) is 11.5 Å². The molecule has 0 saturated carbocycles. The van der Waals surface area contributed by atoms with Crippen molar-refractivity contribution in [3.05, 3.63) is 88.4 Å². The molecule has 236 valence electrons. The van der Waals surface area contributed by atoms with E-state index in [9.17, 15) is 18.0 Å². The summed E-state index contributed by atoms with van der Waals surface area (Å²) in [4.78, 5) is 29.3. The average molecular weight is 687 g/mol. The summed E-state index contributed by atoms with van der Waals surface area (Å²) in [7, 11) is -3.66. The Morgan fingerprint density at radius 3 is 2.30 bits per heavy atom. The molecule has 2 atom stereocenters. The largest absolute Gasteiger partial charge is 0.486 e. The number of anilines is 1. The summed E-state index contributed by atoms with van der Waals surface area (Å²) in [6.07, 6.45) is 2.54. The third kappa shape index (κ3) is 9.22. The Morgan fingerprint density at radius 2 is 1.64 bits per heavy atom. The number of sulfonamides is 1. The first kappa shape index (κ1) is 33.3. The fourth-order valence-electron chi connectivity index (χ4n) is 4.97. The summed E-state index contributed by atoms with van der Waals surface area (Å²) < 4.78 is 39.0. The Morgan fingerprint density at radius 1 is 0.955 bits per heavy atom. The van der Waals surface area contributed by atoms with E-state index in [0.29, 0.717) is 36.8 Å². The van der Waals surface area contributed by atoms with Gasteiger partial charge in [-0.1, -0.05) is 65.3 Å². The predicted octanol–water partition coefficient (Wildman–Crippen LogP) is 5.32. The van der Waals surface area contributed by atoms with Crippen LogP contribution in [0.4, 0.5) is 5.69 Å². The third-order valence-electron chi connectivity index (χ3n) is 7.50. The average Bonchev–Trinajstić information content (AvgIpc) is 3.01. The van der Waals surface area contributed by atoms with E-state index in [4.69, 9.17) is 9.47 Å². The van der Waals surface area contributed by atoms with E-state index >= 15 is 0 Å². The van der Waals surface area contributed by atoms with Crippen LogP contribution in [0.2, 0.25) is 0 Å². The molecule has 0 spiro atoms. The minimum Gasteiger partial charge on any atom is -0.486 e. The number of nitrogens with zero attached hydrogens (tertiary/aromatic N) is 2. The maximum absolute atomic E-state index is 14.0. The van der Waals surface area contributed by atoms with E-state index in [-0.39, 0.29) is 43.8 Å². The maximum atomic E-state index is 14.0. The van der Waals surface area contributed by atoms with Gasteiger partial charge in [0.2, 0.25) is 21.8 Å². The van der Waals surface area contributed by atoms with Crippen molar-refractivity contribution in [3.63, 3.8) is 0 Å². The zero-order valence-corrected chi connectivity index (χ0v) is 27.8. The van der Waals surface area contributed by atoms with Gasteiger partial charge >= 0.3 is 0 Å². The van der Waals surface area contributed by atoms with Crippen molar-refractivity contribution < 1.29 is 27.5 Å². The minimum atomic E-state index is -3.66. The molecule has 0 saturated heterocycles. The lowest BCUT2D eigenvalue weighted by atomic mass is 10.0. The number of carbonyl (C=O) groups is 2. The van der Waals surface area contributed by atoms with Gasteiger partial charge in [-0.25, -0.2) is 8.42 Å². The van der Waals surface area contributed by atoms with Crippen LogP contribution in [0.15, 0.2) is 77.3 Å². The fraction of sp³-hybridized carbons (Fsp3) is 0.394. The number of amides is 2. The molecule has 2 amide bonds. The SMILES string of the molecule is CC[C@H](C)NC(=O)[C@@H](Cc1ccccc1)N(Cc1ccc(Br)cc1)C(=O)CCCN(c1ccc2c(c1)OCCO2)S(C)(=O)=O. The molecule has 4 rings (SSSR count). The van der Waals surface area contributed by atoms with E-state index in [1.807, 2.05) is 68.4 Å². The summed E-state index contributed by atoms with van der Waals surface area (Å²) in [6, 6.07) is 21.5. The zero-order chi connectivity index (χ0) is 31.7. The van der Waals surface area contributed by atoms with Gasteiger partial charge in [-0.05, 0) is 55.2 Å². The van der Waals surface area contributed by atoms with E-state index < -0.39 is 16.1 Å². The number of ether oxygens (including phenoxy) is 2. The van der Waals surface area contributed by atoms with Crippen molar-refractivity contribution in [2.75, 3.05) is 30.3 Å². The molecule has 0 fully saturated rings. The molecule has 0 aliphatic carbocycles. The molecule has 1 aliphatic rings. The molecule has 9 nitrogen and oxygen atoms in total. The summed E-state index contributed by atoms with van der Waals surface area (Å²) in [5, 5.41) is 3.07. The lowest BCUT2D eigenvalue weighted by Gasteiger charge is -2.33. The monoisotopic (exact) mass is 685 g/mol. The molecule has 1 N–H and O–H groups in total. The molecule has 3 aromatic rings. The topological polar surface area (TPSA) is 105 Å². The Balaban J connectivity index is 1.58. The second-order valence-corrected chi connectivity index (χ2v) is 13.8. The van der Waals surface area contributed by atoms with Crippen LogP contribution < -0.4 is 19.1 Å². The molecule has 3 aromatic carbocycles. The minimum absolute atomic E-state index is 0.0506. The van der Waals surface area contributed by atoms with Gasteiger partial charge in [-0.2, -0.15) is 0 Å². The van der Waals surface area contributed by atoms with Crippen LogP contribution in [-0.4, -0.2) is 63.2 Å². The molecule has 0 radical (unpaired) electrons. The number of rotatable bonds is 14. The van der Waals surface area contributed by atoms with Gasteiger partial charge in [0.1, 0.15) is 19.3 Å². The van der Waals surface area contributed by atoms with Gasteiger partial charge in [0.05, 0.1) is 11.9 Å². The lowest BCUT2D eigenvalue weighted by molar-refractivity contribution is -0.141. The Labute approximate surface area is 268 Å². The Kier molecular flexibility index (Phi) is 11.7. The van der Waals surface area contributed by atoms with Crippen LogP contribution in [0.1, 0.15) is 44.2 Å². The maximum Gasteiger partial charge on any atom is 0.243 e. The molecule has 1 aliphatic heterocycles. The quantitative estimate of drug-likeness (QED) is 0.246. The van der Waals surface area contributed by atoms with Crippen LogP contribution in [-0.2, 0) is 32.6 Å². The first-order valence-corrected chi connectivity index (χ1v) is 17.4. The van der Waals surface area contributed by atoms with Gasteiger partial charge in [0, 0.05) is 42.5 Å². The van der Waals surface area contributed by atoms with Crippen molar-refractivity contribution in [1.82, 2.24) is 10.2 Å². The number of carbonyl (C=O) groups excluding carboxylic acids is 2. The van der Waals surface area contributed by atoms with Crippen molar-refractivity contribution in [2.45, 2.75) is 58.2 Å². The molecule has 1 heterocycles. The fourth-order valence-corrected chi connectivity index (χ4v) is 6.19. The zero-order valence-electron chi connectivity index (χ0n) is 25.4. The third-order valence-corrected chi connectivity index (χ3v) is 9.23. The van der Waals surface area contributed by atoms with Gasteiger partial charge in [-0.15, -0.1) is 0 Å². The van der Waals surface area contributed by atoms with Gasteiger partial charge in [0.25, 0.3) is 0 Å².